The summed E-state index contributed by atoms with van der Waals surface area (Å²) in [6.45, 7) is 0.551. The lowest BCUT2D eigenvalue weighted by molar-refractivity contribution is -0.132. The molecule has 0 atom stereocenters. The van der Waals surface area contributed by atoms with Crippen LogP contribution in [-0.2, 0) is 9.47 Å². The summed E-state index contributed by atoms with van der Waals surface area (Å²) in [5.74, 6) is 0. The Balaban J connectivity index is 2.25. The van der Waals surface area contributed by atoms with E-state index in [4.69, 9.17) is 19.8 Å². The maximum atomic E-state index is 8.86. The Labute approximate surface area is 78.1 Å². The number of rotatable bonds is 5. The van der Waals surface area contributed by atoms with Gasteiger partial charge < -0.3 is 14.6 Å². The topological polar surface area (TPSA) is 62.5 Å². The number of aliphatic hydroxyl groups is 1. The van der Waals surface area contributed by atoms with Gasteiger partial charge in [0.1, 0.15) is 0 Å². The van der Waals surface area contributed by atoms with Crippen LogP contribution in [-0.4, -0.2) is 37.1 Å². The summed E-state index contributed by atoms with van der Waals surface area (Å²) in [5.41, 5.74) is -0.643. The third-order valence-corrected chi connectivity index (χ3v) is 2.33. The van der Waals surface area contributed by atoms with Crippen molar-refractivity contribution in [1.29, 1.82) is 5.26 Å². The van der Waals surface area contributed by atoms with Crippen LogP contribution in [0.15, 0.2) is 0 Å². The number of nitrogens with zero attached hydrogens (tertiary/aromatic N) is 1. The van der Waals surface area contributed by atoms with Gasteiger partial charge in [0.25, 0.3) is 0 Å². The van der Waals surface area contributed by atoms with Crippen molar-refractivity contribution >= 4 is 0 Å². The fraction of sp³-hybridized carbons (Fsp3) is 0.889. The average molecular weight is 185 g/mol. The Bertz CT molecular complexity index is 194. The standard InChI is InChI=1S/C9H15NO3/c1-12-8-5-9(6-8,7-10)13-4-2-3-11/h8,11H,2-6H2,1H3. The van der Waals surface area contributed by atoms with E-state index in [0.717, 1.165) is 0 Å². The van der Waals surface area contributed by atoms with E-state index >= 15 is 0 Å². The number of hydrogen-bond donors (Lipinski definition) is 1. The smallest absolute Gasteiger partial charge is 0.159 e. The van der Waals surface area contributed by atoms with Crippen molar-refractivity contribution in [3.05, 3.63) is 0 Å². The molecular weight excluding hydrogens is 170 g/mol. The lowest BCUT2D eigenvalue weighted by atomic mass is 9.78. The van der Waals surface area contributed by atoms with Crippen LogP contribution in [0.25, 0.3) is 0 Å². The third-order valence-electron chi connectivity index (χ3n) is 2.33. The molecule has 0 aliphatic heterocycles. The quantitative estimate of drug-likeness (QED) is 0.632. The second-order valence-corrected chi connectivity index (χ2v) is 3.30. The van der Waals surface area contributed by atoms with Crippen molar-refractivity contribution in [2.45, 2.75) is 31.0 Å². The number of hydrogen-bond acceptors (Lipinski definition) is 4. The van der Waals surface area contributed by atoms with E-state index in [1.54, 1.807) is 7.11 Å². The highest BCUT2D eigenvalue weighted by molar-refractivity contribution is 5.12. The molecule has 1 aliphatic carbocycles. The molecule has 0 heterocycles. The Morgan fingerprint density at radius 3 is 2.77 bits per heavy atom. The van der Waals surface area contributed by atoms with Crippen LogP contribution in [0.1, 0.15) is 19.3 Å². The Morgan fingerprint density at radius 1 is 1.62 bits per heavy atom. The molecule has 4 nitrogen and oxygen atoms in total. The highest BCUT2D eigenvalue weighted by atomic mass is 16.5. The summed E-state index contributed by atoms with van der Waals surface area (Å²) in [6.07, 6.45) is 2.03. The molecule has 0 aromatic carbocycles. The second kappa shape index (κ2) is 4.56. The summed E-state index contributed by atoms with van der Waals surface area (Å²) in [6, 6.07) is 2.15. The van der Waals surface area contributed by atoms with Crippen molar-refractivity contribution in [3.8, 4) is 6.07 Å². The van der Waals surface area contributed by atoms with Gasteiger partial charge >= 0.3 is 0 Å². The van der Waals surface area contributed by atoms with Crippen molar-refractivity contribution in [1.82, 2.24) is 0 Å². The monoisotopic (exact) mass is 185 g/mol. The van der Waals surface area contributed by atoms with Gasteiger partial charge in [0.2, 0.25) is 0 Å². The Hall–Kier alpha value is -0.630. The average Bonchev–Trinajstić information content (AvgIpc) is 2.09. The predicted molar refractivity (Wildman–Crippen MR) is 46.0 cm³/mol. The number of nitriles is 1. The Kier molecular flexibility index (Phi) is 3.67. The normalized spacial score (nSPS) is 32.2. The molecule has 74 valence electrons. The van der Waals surface area contributed by atoms with Crippen LogP contribution in [0.4, 0.5) is 0 Å². The van der Waals surface area contributed by atoms with E-state index in [0.29, 0.717) is 25.9 Å². The SMILES string of the molecule is COC1CC(C#N)(OCCCO)C1. The molecule has 0 radical (unpaired) electrons. The van der Waals surface area contributed by atoms with Crippen molar-refractivity contribution in [3.63, 3.8) is 0 Å². The van der Waals surface area contributed by atoms with Crippen LogP contribution >= 0.6 is 0 Å². The van der Waals surface area contributed by atoms with Gasteiger partial charge in [0.05, 0.1) is 18.8 Å². The molecule has 1 N–H and O–H groups in total. The van der Waals surface area contributed by atoms with E-state index in [9.17, 15) is 0 Å². The van der Waals surface area contributed by atoms with Crippen molar-refractivity contribution in [2.75, 3.05) is 20.3 Å². The zero-order valence-electron chi connectivity index (χ0n) is 7.82. The van der Waals surface area contributed by atoms with E-state index in [1.807, 2.05) is 0 Å². The largest absolute Gasteiger partial charge is 0.396 e. The van der Waals surface area contributed by atoms with Gasteiger partial charge in [-0.1, -0.05) is 0 Å². The number of aliphatic hydroxyl groups excluding tert-OH is 1. The van der Waals surface area contributed by atoms with Gasteiger partial charge in [-0.05, 0) is 6.42 Å². The predicted octanol–water partition coefficient (Wildman–Crippen LogP) is 0.457. The maximum Gasteiger partial charge on any atom is 0.159 e. The summed E-state index contributed by atoms with van der Waals surface area (Å²) in [5, 5.41) is 17.4. The molecule has 13 heavy (non-hydrogen) atoms. The minimum absolute atomic E-state index is 0.106. The summed E-state index contributed by atoms with van der Waals surface area (Å²) >= 11 is 0. The first-order valence-electron chi connectivity index (χ1n) is 4.45. The third kappa shape index (κ3) is 2.41. The molecule has 0 unspecified atom stereocenters. The van der Waals surface area contributed by atoms with Crippen molar-refractivity contribution < 1.29 is 14.6 Å². The van der Waals surface area contributed by atoms with Gasteiger partial charge in [-0.15, -0.1) is 0 Å². The van der Waals surface area contributed by atoms with Gasteiger partial charge in [-0.25, -0.2) is 0 Å². The van der Waals surface area contributed by atoms with Crippen LogP contribution in [0.2, 0.25) is 0 Å². The van der Waals surface area contributed by atoms with Crippen molar-refractivity contribution in [2.24, 2.45) is 0 Å². The van der Waals surface area contributed by atoms with Gasteiger partial charge in [0.15, 0.2) is 5.60 Å². The fourth-order valence-corrected chi connectivity index (χ4v) is 1.42. The number of ether oxygens (including phenoxy) is 2. The highest BCUT2D eigenvalue weighted by Crippen LogP contribution is 2.37. The summed E-state index contributed by atoms with van der Waals surface area (Å²) < 4.78 is 10.5. The van der Waals surface area contributed by atoms with Crippen LogP contribution in [0.5, 0.6) is 0 Å². The summed E-state index contributed by atoms with van der Waals surface area (Å²) in [4.78, 5) is 0. The van der Waals surface area contributed by atoms with E-state index in [-0.39, 0.29) is 12.7 Å². The highest BCUT2D eigenvalue weighted by Gasteiger charge is 2.46. The fourth-order valence-electron chi connectivity index (χ4n) is 1.42. The minimum Gasteiger partial charge on any atom is -0.396 e. The van der Waals surface area contributed by atoms with E-state index in [2.05, 4.69) is 6.07 Å². The first-order valence-corrected chi connectivity index (χ1v) is 4.45. The van der Waals surface area contributed by atoms with Crippen LogP contribution < -0.4 is 0 Å². The molecular formula is C9H15NO3. The molecule has 1 saturated carbocycles. The Morgan fingerprint density at radius 2 is 2.31 bits per heavy atom. The van der Waals surface area contributed by atoms with Crippen LogP contribution in [0, 0.1) is 11.3 Å². The molecule has 0 spiro atoms. The molecule has 0 bridgehead atoms. The maximum absolute atomic E-state index is 8.86. The zero-order valence-corrected chi connectivity index (χ0v) is 7.82. The first kappa shape index (κ1) is 10.5. The summed E-state index contributed by atoms with van der Waals surface area (Å²) in [7, 11) is 1.64. The number of methoxy groups -OCH3 is 1. The molecule has 0 amide bonds. The minimum atomic E-state index is -0.643. The van der Waals surface area contributed by atoms with E-state index < -0.39 is 5.60 Å². The van der Waals surface area contributed by atoms with Gasteiger partial charge in [-0.2, -0.15) is 5.26 Å². The lowest BCUT2D eigenvalue weighted by Crippen LogP contribution is -2.49. The van der Waals surface area contributed by atoms with Gasteiger partial charge in [-0.3, -0.25) is 0 Å². The molecule has 0 aromatic rings. The van der Waals surface area contributed by atoms with Crippen LogP contribution in [0.3, 0.4) is 0 Å². The molecule has 1 fully saturated rings. The first-order chi connectivity index (χ1) is 6.26. The van der Waals surface area contributed by atoms with Gasteiger partial charge in [0, 0.05) is 26.6 Å². The molecule has 1 rings (SSSR count). The molecule has 1 aliphatic rings. The lowest BCUT2D eigenvalue weighted by Gasteiger charge is -2.41. The molecule has 0 saturated heterocycles. The second-order valence-electron chi connectivity index (χ2n) is 3.30. The molecule has 4 heteroatoms. The van der Waals surface area contributed by atoms with E-state index in [1.165, 1.54) is 0 Å². The zero-order chi connectivity index (χ0) is 9.73. The molecule has 0 aromatic heterocycles.